The van der Waals surface area contributed by atoms with Crippen LogP contribution >= 0.6 is 43.6 Å². The van der Waals surface area contributed by atoms with E-state index in [1.54, 1.807) is 6.07 Å². The molecule has 82 valence electrons. The Kier molecular flexibility index (Phi) is 3.83. The second-order valence-corrected chi connectivity index (χ2v) is 5.61. The van der Waals surface area contributed by atoms with E-state index in [9.17, 15) is 0 Å². The van der Waals surface area contributed by atoms with Crippen LogP contribution in [0.5, 0.6) is 0 Å². The fourth-order valence-electron chi connectivity index (χ4n) is 1.08. The van der Waals surface area contributed by atoms with Crippen LogP contribution in [0.2, 0.25) is 0 Å². The molecule has 3 nitrogen and oxygen atoms in total. The zero-order valence-electron chi connectivity index (χ0n) is 8.02. The van der Waals surface area contributed by atoms with Crippen LogP contribution in [-0.4, -0.2) is 9.97 Å². The van der Waals surface area contributed by atoms with E-state index >= 15 is 0 Å². The summed E-state index contributed by atoms with van der Waals surface area (Å²) in [5.41, 5.74) is 5.64. The van der Waals surface area contributed by atoms with Gasteiger partial charge in [0.25, 0.3) is 0 Å². The van der Waals surface area contributed by atoms with Gasteiger partial charge in [0.15, 0.2) is 5.16 Å². The molecular weight excluding hydrogens is 354 g/mol. The zero-order valence-corrected chi connectivity index (χ0v) is 12.0. The maximum atomic E-state index is 5.64. The minimum absolute atomic E-state index is 0.455. The lowest BCUT2D eigenvalue weighted by atomic mass is 10.4. The molecule has 16 heavy (non-hydrogen) atoms. The van der Waals surface area contributed by atoms with E-state index in [0.717, 1.165) is 9.37 Å². The number of hydrogen-bond acceptors (Lipinski definition) is 4. The van der Waals surface area contributed by atoms with Gasteiger partial charge in [-0.15, -0.1) is 0 Å². The van der Waals surface area contributed by atoms with Crippen molar-refractivity contribution in [1.82, 2.24) is 9.97 Å². The van der Waals surface area contributed by atoms with Crippen LogP contribution in [0, 0.1) is 0 Å². The number of nitrogens with zero attached hydrogens (tertiary/aromatic N) is 2. The van der Waals surface area contributed by atoms with E-state index in [-0.39, 0.29) is 0 Å². The molecule has 1 aromatic heterocycles. The number of rotatable bonds is 2. The summed E-state index contributed by atoms with van der Waals surface area (Å²) in [6, 6.07) is 9.57. The first-order valence-electron chi connectivity index (χ1n) is 4.37. The molecule has 0 spiro atoms. The summed E-state index contributed by atoms with van der Waals surface area (Å²) in [6.45, 7) is 0. The molecule has 0 amide bonds. The number of hydrogen-bond donors (Lipinski definition) is 1. The Morgan fingerprint density at radius 1 is 1.12 bits per heavy atom. The first-order chi connectivity index (χ1) is 7.65. The van der Waals surface area contributed by atoms with Crippen molar-refractivity contribution in [3.63, 3.8) is 0 Å². The first-order valence-corrected chi connectivity index (χ1v) is 6.78. The van der Waals surface area contributed by atoms with E-state index in [4.69, 9.17) is 5.73 Å². The fraction of sp³-hybridized carbons (Fsp3) is 0. The van der Waals surface area contributed by atoms with Crippen molar-refractivity contribution in [2.45, 2.75) is 10.1 Å². The monoisotopic (exact) mass is 359 g/mol. The van der Waals surface area contributed by atoms with Crippen LogP contribution in [0.4, 0.5) is 5.82 Å². The highest BCUT2D eigenvalue weighted by atomic mass is 79.9. The Morgan fingerprint density at radius 3 is 2.56 bits per heavy atom. The van der Waals surface area contributed by atoms with Crippen LogP contribution in [0.25, 0.3) is 0 Å². The van der Waals surface area contributed by atoms with Crippen molar-refractivity contribution in [2.24, 2.45) is 0 Å². The predicted octanol–water partition coefficient (Wildman–Crippen LogP) is 3.74. The van der Waals surface area contributed by atoms with Gasteiger partial charge in [0.1, 0.15) is 10.4 Å². The molecular formula is C10H7Br2N3S. The van der Waals surface area contributed by atoms with Crippen LogP contribution in [0.15, 0.2) is 49.5 Å². The molecule has 2 aromatic rings. The molecule has 0 aliphatic heterocycles. The second-order valence-electron chi connectivity index (χ2n) is 2.93. The Morgan fingerprint density at radius 2 is 1.88 bits per heavy atom. The molecule has 0 saturated carbocycles. The molecule has 0 saturated heterocycles. The Balaban J connectivity index is 2.30. The van der Waals surface area contributed by atoms with E-state index in [1.807, 2.05) is 24.3 Å². The number of benzene rings is 1. The minimum Gasteiger partial charge on any atom is -0.384 e. The van der Waals surface area contributed by atoms with E-state index < -0.39 is 0 Å². The summed E-state index contributed by atoms with van der Waals surface area (Å²) < 4.78 is 1.71. The van der Waals surface area contributed by atoms with Crippen LogP contribution in [0.1, 0.15) is 0 Å². The summed E-state index contributed by atoms with van der Waals surface area (Å²) >= 11 is 8.22. The average molecular weight is 361 g/mol. The van der Waals surface area contributed by atoms with Crippen LogP contribution in [0.3, 0.4) is 0 Å². The molecule has 2 N–H and O–H groups in total. The van der Waals surface area contributed by atoms with Crippen LogP contribution in [-0.2, 0) is 0 Å². The van der Waals surface area contributed by atoms with Crippen molar-refractivity contribution in [3.8, 4) is 0 Å². The van der Waals surface area contributed by atoms with Gasteiger partial charge < -0.3 is 5.73 Å². The highest BCUT2D eigenvalue weighted by Crippen LogP contribution is 2.32. The minimum atomic E-state index is 0.455. The molecule has 0 radical (unpaired) electrons. The van der Waals surface area contributed by atoms with Crippen molar-refractivity contribution >= 4 is 49.4 Å². The normalized spacial score (nSPS) is 10.4. The molecule has 0 bridgehead atoms. The molecule has 0 atom stereocenters. The van der Waals surface area contributed by atoms with Gasteiger partial charge in [-0.05, 0) is 55.8 Å². The predicted molar refractivity (Wildman–Crippen MR) is 72.4 cm³/mol. The average Bonchev–Trinajstić information content (AvgIpc) is 2.20. The molecule has 2 rings (SSSR count). The SMILES string of the molecule is Nc1cc(Br)nc(Sc2ccccc2Br)n1. The Labute approximate surface area is 114 Å². The third-order valence-electron chi connectivity index (χ3n) is 1.73. The topological polar surface area (TPSA) is 51.8 Å². The van der Waals surface area contributed by atoms with Gasteiger partial charge in [0, 0.05) is 15.4 Å². The van der Waals surface area contributed by atoms with Crippen molar-refractivity contribution in [1.29, 1.82) is 0 Å². The van der Waals surface area contributed by atoms with Crippen LogP contribution < -0.4 is 5.73 Å². The van der Waals surface area contributed by atoms with E-state index in [0.29, 0.717) is 15.6 Å². The molecule has 0 aliphatic carbocycles. The summed E-state index contributed by atoms with van der Waals surface area (Å²) in [7, 11) is 0. The Bertz CT molecular complexity index is 499. The molecule has 6 heteroatoms. The molecule has 0 unspecified atom stereocenters. The largest absolute Gasteiger partial charge is 0.384 e. The lowest BCUT2D eigenvalue weighted by Crippen LogP contribution is -1.94. The van der Waals surface area contributed by atoms with Gasteiger partial charge in [-0.25, -0.2) is 9.97 Å². The first kappa shape index (κ1) is 11.9. The van der Waals surface area contributed by atoms with Gasteiger partial charge in [0.05, 0.1) is 0 Å². The zero-order chi connectivity index (χ0) is 11.5. The fourth-order valence-corrected chi connectivity index (χ4v) is 2.94. The highest BCUT2D eigenvalue weighted by molar-refractivity contribution is 9.10. The maximum Gasteiger partial charge on any atom is 0.195 e. The number of aromatic nitrogens is 2. The van der Waals surface area contributed by atoms with E-state index in [1.165, 1.54) is 11.8 Å². The van der Waals surface area contributed by atoms with Crippen molar-refractivity contribution in [2.75, 3.05) is 5.73 Å². The van der Waals surface area contributed by atoms with Gasteiger partial charge in [-0.3, -0.25) is 0 Å². The van der Waals surface area contributed by atoms with Gasteiger partial charge in [-0.1, -0.05) is 12.1 Å². The van der Waals surface area contributed by atoms with Gasteiger partial charge in [-0.2, -0.15) is 0 Å². The maximum absolute atomic E-state index is 5.64. The van der Waals surface area contributed by atoms with E-state index in [2.05, 4.69) is 41.8 Å². The lowest BCUT2D eigenvalue weighted by Gasteiger charge is -2.03. The summed E-state index contributed by atoms with van der Waals surface area (Å²) in [5, 5.41) is 0.624. The standard InChI is InChI=1S/C10H7Br2N3S/c11-6-3-1-2-4-7(6)16-10-14-8(12)5-9(13)15-10/h1-5H,(H2,13,14,15). The lowest BCUT2D eigenvalue weighted by molar-refractivity contribution is 0.956. The Hall–Kier alpha value is -0.590. The van der Waals surface area contributed by atoms with Gasteiger partial charge in [0.2, 0.25) is 0 Å². The summed E-state index contributed by atoms with van der Waals surface area (Å²) in [5.74, 6) is 0.455. The summed E-state index contributed by atoms with van der Waals surface area (Å²) in [6.07, 6.45) is 0. The molecule has 0 aliphatic rings. The smallest absolute Gasteiger partial charge is 0.195 e. The molecule has 0 fully saturated rings. The third kappa shape index (κ3) is 2.96. The number of anilines is 1. The van der Waals surface area contributed by atoms with Gasteiger partial charge >= 0.3 is 0 Å². The molecule has 1 aromatic carbocycles. The second kappa shape index (κ2) is 5.16. The highest BCUT2D eigenvalue weighted by Gasteiger charge is 2.05. The molecule has 1 heterocycles. The van der Waals surface area contributed by atoms with Crippen molar-refractivity contribution in [3.05, 3.63) is 39.4 Å². The summed E-state index contributed by atoms with van der Waals surface area (Å²) in [4.78, 5) is 9.44. The number of nitrogens with two attached hydrogens (primary N) is 1. The number of halogens is 2. The third-order valence-corrected chi connectivity index (χ3v) is 4.03. The number of nitrogen functional groups attached to an aromatic ring is 1. The quantitative estimate of drug-likeness (QED) is 0.654. The van der Waals surface area contributed by atoms with Crippen molar-refractivity contribution < 1.29 is 0 Å².